The molecule has 24 heavy (non-hydrogen) atoms. The molecule has 0 aliphatic carbocycles. The van der Waals surface area contributed by atoms with Crippen LogP contribution in [0.1, 0.15) is 11.1 Å². The molecule has 3 rings (SSSR count). The fourth-order valence-electron chi connectivity index (χ4n) is 2.64. The van der Waals surface area contributed by atoms with Crippen LogP contribution in [0.4, 0.5) is 13.2 Å². The van der Waals surface area contributed by atoms with E-state index in [1.54, 1.807) is 0 Å². The molecule has 128 valence electrons. The molecule has 1 aliphatic heterocycles. The van der Waals surface area contributed by atoms with Crippen LogP contribution >= 0.6 is 0 Å². The molecule has 0 aromatic heterocycles. The number of hydrogen-bond donors (Lipinski definition) is 0. The minimum Gasteiger partial charge on any atom is -0.406 e. The van der Waals surface area contributed by atoms with Crippen molar-refractivity contribution in [2.75, 3.05) is 6.54 Å². The van der Waals surface area contributed by atoms with E-state index in [-0.39, 0.29) is 11.4 Å². The first-order chi connectivity index (χ1) is 11.3. The number of rotatable bonds is 3. The van der Waals surface area contributed by atoms with E-state index in [1.807, 2.05) is 24.3 Å². The third-order valence-corrected chi connectivity index (χ3v) is 5.65. The van der Waals surface area contributed by atoms with Crippen molar-refractivity contribution in [3.8, 4) is 5.75 Å². The van der Waals surface area contributed by atoms with Crippen LogP contribution in [-0.4, -0.2) is 25.6 Å². The lowest BCUT2D eigenvalue weighted by Gasteiger charge is -2.28. The second kappa shape index (κ2) is 6.10. The molecule has 1 heterocycles. The predicted molar refractivity (Wildman–Crippen MR) is 80.9 cm³/mol. The molecule has 2 aromatic rings. The summed E-state index contributed by atoms with van der Waals surface area (Å²) in [6.07, 6.45) is -4.21. The van der Waals surface area contributed by atoms with Crippen molar-refractivity contribution < 1.29 is 26.3 Å². The summed E-state index contributed by atoms with van der Waals surface area (Å²) in [6.45, 7) is 0.583. The van der Waals surface area contributed by atoms with Gasteiger partial charge in [0.05, 0.1) is 4.90 Å². The second-order valence-electron chi connectivity index (χ2n) is 5.38. The molecule has 0 unspecified atom stereocenters. The first-order valence-electron chi connectivity index (χ1n) is 7.18. The number of alkyl halides is 3. The molecule has 0 N–H and O–H groups in total. The molecule has 0 spiro atoms. The standard InChI is InChI=1S/C16H14F3NO3S/c17-16(18,19)23-14-5-7-15(8-6-14)24(21,22)20-10-9-12-3-1-2-4-13(12)11-20/h1-8H,9-11H2. The highest BCUT2D eigenvalue weighted by molar-refractivity contribution is 7.89. The van der Waals surface area contributed by atoms with E-state index >= 15 is 0 Å². The maximum absolute atomic E-state index is 12.7. The first-order valence-corrected chi connectivity index (χ1v) is 8.62. The summed E-state index contributed by atoms with van der Waals surface area (Å²) in [5, 5.41) is 0. The van der Waals surface area contributed by atoms with Crippen LogP contribution in [0.25, 0.3) is 0 Å². The van der Waals surface area contributed by atoms with Crippen molar-refractivity contribution in [1.82, 2.24) is 4.31 Å². The number of hydrogen-bond acceptors (Lipinski definition) is 3. The van der Waals surface area contributed by atoms with Crippen molar-refractivity contribution in [1.29, 1.82) is 0 Å². The van der Waals surface area contributed by atoms with E-state index in [4.69, 9.17) is 0 Å². The van der Waals surface area contributed by atoms with Crippen molar-refractivity contribution in [2.45, 2.75) is 24.2 Å². The van der Waals surface area contributed by atoms with E-state index in [0.717, 1.165) is 35.4 Å². The monoisotopic (exact) mass is 357 g/mol. The van der Waals surface area contributed by atoms with Gasteiger partial charge in [-0.15, -0.1) is 13.2 Å². The fourth-order valence-corrected chi connectivity index (χ4v) is 4.06. The van der Waals surface area contributed by atoms with Crippen LogP contribution in [0.2, 0.25) is 0 Å². The average Bonchev–Trinajstić information content (AvgIpc) is 2.53. The zero-order valence-electron chi connectivity index (χ0n) is 12.5. The van der Waals surface area contributed by atoms with Gasteiger partial charge in [0.25, 0.3) is 0 Å². The number of halogens is 3. The molecule has 0 saturated carbocycles. The van der Waals surface area contributed by atoms with E-state index in [9.17, 15) is 21.6 Å². The average molecular weight is 357 g/mol. The molecule has 4 nitrogen and oxygen atoms in total. The van der Waals surface area contributed by atoms with Crippen molar-refractivity contribution in [3.63, 3.8) is 0 Å². The molecule has 0 saturated heterocycles. The zero-order valence-corrected chi connectivity index (χ0v) is 13.3. The summed E-state index contributed by atoms with van der Waals surface area (Å²) in [5.74, 6) is -0.453. The summed E-state index contributed by atoms with van der Waals surface area (Å²) in [7, 11) is -3.77. The number of sulfonamides is 1. The lowest BCUT2D eigenvalue weighted by molar-refractivity contribution is -0.274. The molecular weight excluding hydrogens is 343 g/mol. The maximum Gasteiger partial charge on any atom is 0.573 e. The topological polar surface area (TPSA) is 46.6 Å². The normalized spacial score (nSPS) is 15.8. The van der Waals surface area contributed by atoms with Gasteiger partial charge in [-0.2, -0.15) is 4.31 Å². The van der Waals surface area contributed by atoms with Gasteiger partial charge in [0.1, 0.15) is 5.75 Å². The van der Waals surface area contributed by atoms with Crippen LogP contribution in [0.15, 0.2) is 53.4 Å². The van der Waals surface area contributed by atoms with Crippen molar-refractivity contribution in [2.24, 2.45) is 0 Å². The SMILES string of the molecule is O=S(=O)(c1ccc(OC(F)(F)F)cc1)N1CCc2ccccc2C1. The summed E-state index contributed by atoms with van der Waals surface area (Å²) in [5.41, 5.74) is 2.04. The van der Waals surface area contributed by atoms with Crippen LogP contribution in [0.5, 0.6) is 5.75 Å². The van der Waals surface area contributed by atoms with E-state index in [2.05, 4.69) is 4.74 Å². The van der Waals surface area contributed by atoms with Gasteiger partial charge in [0.2, 0.25) is 10.0 Å². The predicted octanol–water partition coefficient (Wildman–Crippen LogP) is 3.33. The van der Waals surface area contributed by atoms with Gasteiger partial charge in [0.15, 0.2) is 0 Å². The Kier molecular flexibility index (Phi) is 4.27. The summed E-state index contributed by atoms with van der Waals surface area (Å²) in [4.78, 5) is -0.0589. The van der Waals surface area contributed by atoms with Crippen molar-refractivity contribution >= 4 is 10.0 Å². The maximum atomic E-state index is 12.7. The van der Waals surface area contributed by atoms with Crippen LogP contribution in [0.3, 0.4) is 0 Å². The van der Waals surface area contributed by atoms with Gasteiger partial charge < -0.3 is 4.74 Å². The summed E-state index contributed by atoms with van der Waals surface area (Å²) >= 11 is 0. The molecular formula is C16H14F3NO3S. The molecule has 1 aliphatic rings. The fraction of sp³-hybridized carbons (Fsp3) is 0.250. The van der Waals surface area contributed by atoms with Crippen LogP contribution < -0.4 is 4.74 Å². The van der Waals surface area contributed by atoms with E-state index < -0.39 is 22.1 Å². The van der Waals surface area contributed by atoms with Gasteiger partial charge in [-0.3, -0.25) is 0 Å². The highest BCUT2D eigenvalue weighted by Gasteiger charge is 2.32. The molecule has 0 radical (unpaired) electrons. The molecule has 2 aromatic carbocycles. The number of benzene rings is 2. The van der Waals surface area contributed by atoms with Gasteiger partial charge in [-0.05, 0) is 41.8 Å². The largest absolute Gasteiger partial charge is 0.573 e. The van der Waals surface area contributed by atoms with Gasteiger partial charge in [-0.1, -0.05) is 24.3 Å². The Morgan fingerprint density at radius 2 is 1.58 bits per heavy atom. The number of fused-ring (bicyclic) bond motifs is 1. The Bertz CT molecular complexity index is 832. The lowest BCUT2D eigenvalue weighted by atomic mass is 10.0. The highest BCUT2D eigenvalue weighted by atomic mass is 32.2. The Hall–Kier alpha value is -2.06. The van der Waals surface area contributed by atoms with Gasteiger partial charge >= 0.3 is 6.36 Å². The minimum absolute atomic E-state index is 0.0589. The Balaban J connectivity index is 1.81. The minimum atomic E-state index is -4.81. The lowest BCUT2D eigenvalue weighted by Crippen LogP contribution is -2.35. The molecule has 0 fully saturated rings. The molecule has 0 bridgehead atoms. The van der Waals surface area contributed by atoms with Crippen LogP contribution in [0, 0.1) is 0 Å². The van der Waals surface area contributed by atoms with Crippen LogP contribution in [-0.2, 0) is 23.0 Å². The molecule has 0 amide bonds. The van der Waals surface area contributed by atoms with E-state index in [1.165, 1.54) is 4.31 Å². The summed E-state index contributed by atoms with van der Waals surface area (Å²) < 4.78 is 66.9. The Morgan fingerprint density at radius 3 is 2.21 bits per heavy atom. The van der Waals surface area contributed by atoms with E-state index in [0.29, 0.717) is 13.0 Å². The third-order valence-electron chi connectivity index (χ3n) is 3.79. The Labute approximate surface area is 137 Å². The second-order valence-corrected chi connectivity index (χ2v) is 7.31. The van der Waals surface area contributed by atoms with Gasteiger partial charge in [0, 0.05) is 13.1 Å². The first kappa shape index (κ1) is 16.8. The summed E-state index contributed by atoms with van der Waals surface area (Å²) in [6, 6.07) is 11.8. The third kappa shape index (κ3) is 3.54. The zero-order chi connectivity index (χ0) is 17.4. The Morgan fingerprint density at radius 1 is 0.958 bits per heavy atom. The smallest absolute Gasteiger partial charge is 0.406 e. The number of nitrogens with zero attached hydrogens (tertiary/aromatic N) is 1. The van der Waals surface area contributed by atoms with Gasteiger partial charge in [-0.25, -0.2) is 8.42 Å². The van der Waals surface area contributed by atoms with Crippen molar-refractivity contribution in [3.05, 3.63) is 59.7 Å². The quantitative estimate of drug-likeness (QED) is 0.847. The highest BCUT2D eigenvalue weighted by Crippen LogP contribution is 2.27. The number of ether oxygens (including phenoxy) is 1. The molecule has 8 heteroatoms. The molecule has 0 atom stereocenters.